The van der Waals surface area contributed by atoms with Gasteiger partial charge in [0.05, 0.1) is 6.07 Å². The highest BCUT2D eigenvalue weighted by Crippen LogP contribution is 2.09. The number of nitrogens with zero attached hydrogens (tertiary/aromatic N) is 1. The quantitative estimate of drug-likeness (QED) is 0.283. The van der Waals surface area contributed by atoms with Crippen molar-refractivity contribution in [3.63, 3.8) is 0 Å². The van der Waals surface area contributed by atoms with E-state index < -0.39 is 0 Å². The van der Waals surface area contributed by atoms with Crippen LogP contribution in [-0.4, -0.2) is 0 Å². The first-order chi connectivity index (χ1) is 7.91. The Morgan fingerprint density at radius 3 is 1.94 bits per heavy atom. The van der Waals surface area contributed by atoms with Crippen LogP contribution in [0.4, 0.5) is 0 Å². The third-order valence-corrected chi connectivity index (χ3v) is 2.59. The van der Waals surface area contributed by atoms with Gasteiger partial charge in [0.25, 0.3) is 0 Å². The van der Waals surface area contributed by atoms with Crippen molar-refractivity contribution in [2.45, 2.75) is 64.7 Å². The Labute approximate surface area is 101 Å². The summed E-state index contributed by atoms with van der Waals surface area (Å²) in [6.45, 7) is 2.18. The fourth-order valence-corrected chi connectivity index (χ4v) is 1.65. The molecule has 0 radical (unpaired) electrons. The van der Waals surface area contributed by atoms with E-state index in [0.717, 1.165) is 12.8 Å². The predicted octanol–water partition coefficient (Wildman–Crippen LogP) is 5.15. The van der Waals surface area contributed by atoms with Gasteiger partial charge in [-0.05, 0) is 32.1 Å². The van der Waals surface area contributed by atoms with Crippen molar-refractivity contribution in [2.75, 3.05) is 0 Å². The summed E-state index contributed by atoms with van der Waals surface area (Å²) in [6, 6.07) is 2.02. The molecule has 0 bridgehead atoms. The molecule has 90 valence electrons. The predicted molar refractivity (Wildman–Crippen MR) is 71.1 cm³/mol. The van der Waals surface area contributed by atoms with Crippen molar-refractivity contribution in [3.05, 3.63) is 24.3 Å². The average Bonchev–Trinajstić information content (AvgIpc) is 2.31. The van der Waals surface area contributed by atoms with Gasteiger partial charge < -0.3 is 0 Å². The molecule has 0 rings (SSSR count). The fourth-order valence-electron chi connectivity index (χ4n) is 1.65. The van der Waals surface area contributed by atoms with Crippen LogP contribution in [0.1, 0.15) is 64.7 Å². The molecule has 0 aromatic carbocycles. The molecule has 0 aliphatic carbocycles. The van der Waals surface area contributed by atoms with Crippen LogP contribution in [0.5, 0.6) is 0 Å². The first-order valence-electron chi connectivity index (χ1n) is 6.61. The molecule has 0 aliphatic rings. The minimum Gasteiger partial charge on any atom is -0.193 e. The number of hydrogen-bond acceptors (Lipinski definition) is 1. The van der Waals surface area contributed by atoms with E-state index in [9.17, 15) is 0 Å². The van der Waals surface area contributed by atoms with Gasteiger partial charge in [-0.25, -0.2) is 0 Å². The molecular weight excluding hydrogens is 194 g/mol. The second-order valence-electron chi connectivity index (χ2n) is 4.11. The Kier molecular flexibility index (Phi) is 13.1. The van der Waals surface area contributed by atoms with Crippen molar-refractivity contribution >= 4 is 0 Å². The lowest BCUT2D eigenvalue weighted by atomic mass is 10.1. The van der Waals surface area contributed by atoms with Crippen molar-refractivity contribution in [1.29, 1.82) is 5.26 Å². The zero-order chi connectivity index (χ0) is 11.9. The molecule has 0 aromatic heterocycles. The average molecular weight is 219 g/mol. The number of hydrogen-bond donors (Lipinski definition) is 0. The Morgan fingerprint density at radius 1 is 0.812 bits per heavy atom. The number of allylic oxidation sites excluding steroid dienone is 4. The van der Waals surface area contributed by atoms with Crippen molar-refractivity contribution < 1.29 is 0 Å². The molecular formula is C15H25N. The SMILES string of the molecule is CC/C=C/CCCCCCCC/C=C/C#N. The Morgan fingerprint density at radius 2 is 1.38 bits per heavy atom. The van der Waals surface area contributed by atoms with E-state index in [0.29, 0.717) is 0 Å². The molecule has 0 spiro atoms. The Hall–Kier alpha value is -1.03. The van der Waals surface area contributed by atoms with Crippen molar-refractivity contribution in [2.24, 2.45) is 0 Å². The van der Waals surface area contributed by atoms with Gasteiger partial charge in [-0.2, -0.15) is 5.26 Å². The third-order valence-electron chi connectivity index (χ3n) is 2.59. The maximum Gasteiger partial charge on any atom is 0.0908 e. The minimum atomic E-state index is 1.06. The fraction of sp³-hybridized carbons (Fsp3) is 0.667. The molecule has 0 amide bonds. The molecule has 0 heterocycles. The van der Waals surface area contributed by atoms with Gasteiger partial charge in [-0.15, -0.1) is 0 Å². The highest BCUT2D eigenvalue weighted by atomic mass is 14.2. The second kappa shape index (κ2) is 14.0. The van der Waals surface area contributed by atoms with Gasteiger partial charge >= 0.3 is 0 Å². The lowest BCUT2D eigenvalue weighted by Crippen LogP contribution is -1.79. The van der Waals surface area contributed by atoms with Gasteiger partial charge in [0, 0.05) is 6.08 Å². The van der Waals surface area contributed by atoms with E-state index in [2.05, 4.69) is 19.1 Å². The second-order valence-corrected chi connectivity index (χ2v) is 4.11. The summed E-state index contributed by atoms with van der Waals surface area (Å²) in [5.41, 5.74) is 0. The first-order valence-corrected chi connectivity index (χ1v) is 6.61. The monoisotopic (exact) mass is 219 g/mol. The van der Waals surface area contributed by atoms with Crippen LogP contribution >= 0.6 is 0 Å². The topological polar surface area (TPSA) is 23.8 Å². The van der Waals surface area contributed by atoms with Gasteiger partial charge in [-0.1, -0.05) is 50.8 Å². The van der Waals surface area contributed by atoms with Gasteiger partial charge in [0.1, 0.15) is 0 Å². The van der Waals surface area contributed by atoms with E-state index in [-0.39, 0.29) is 0 Å². The lowest BCUT2D eigenvalue weighted by Gasteiger charge is -1.98. The molecule has 1 heteroatoms. The Balaban J connectivity index is 3.02. The molecule has 0 fully saturated rings. The maximum atomic E-state index is 8.29. The van der Waals surface area contributed by atoms with Crippen LogP contribution in [0, 0.1) is 11.3 Å². The van der Waals surface area contributed by atoms with E-state index in [1.807, 2.05) is 12.1 Å². The standard InChI is InChI=1S/C15H25N/c1-2-3-4-5-6-7-8-9-10-11-12-13-14-15-16/h3-4,13-14H,2,5-12H2,1H3/b4-3+,14-13+. The summed E-state index contributed by atoms with van der Waals surface area (Å²) in [4.78, 5) is 0. The summed E-state index contributed by atoms with van der Waals surface area (Å²) in [6.07, 6.45) is 19.5. The lowest BCUT2D eigenvalue weighted by molar-refractivity contribution is 0.600. The molecule has 0 saturated carbocycles. The molecule has 0 aromatic rings. The molecule has 1 nitrogen and oxygen atoms in total. The summed E-state index contributed by atoms with van der Waals surface area (Å²) >= 11 is 0. The molecule has 0 atom stereocenters. The summed E-state index contributed by atoms with van der Waals surface area (Å²) < 4.78 is 0. The van der Waals surface area contributed by atoms with Crippen LogP contribution in [0.15, 0.2) is 24.3 Å². The summed E-state index contributed by atoms with van der Waals surface area (Å²) in [7, 11) is 0. The van der Waals surface area contributed by atoms with E-state index in [1.165, 1.54) is 44.9 Å². The van der Waals surface area contributed by atoms with Crippen LogP contribution in [0.25, 0.3) is 0 Å². The van der Waals surface area contributed by atoms with Gasteiger partial charge in [0.15, 0.2) is 0 Å². The normalized spacial score (nSPS) is 11.2. The largest absolute Gasteiger partial charge is 0.193 e. The van der Waals surface area contributed by atoms with Crippen LogP contribution in [0.2, 0.25) is 0 Å². The smallest absolute Gasteiger partial charge is 0.0908 e. The van der Waals surface area contributed by atoms with Crippen LogP contribution < -0.4 is 0 Å². The Bertz CT molecular complexity index is 220. The number of rotatable bonds is 10. The van der Waals surface area contributed by atoms with E-state index >= 15 is 0 Å². The molecule has 0 unspecified atom stereocenters. The van der Waals surface area contributed by atoms with Crippen molar-refractivity contribution in [3.8, 4) is 6.07 Å². The minimum absolute atomic E-state index is 1.06. The molecule has 16 heavy (non-hydrogen) atoms. The number of nitriles is 1. The maximum absolute atomic E-state index is 8.29. The summed E-state index contributed by atoms with van der Waals surface area (Å²) in [5, 5.41) is 8.29. The first kappa shape index (κ1) is 15.0. The molecule has 0 saturated heterocycles. The zero-order valence-corrected chi connectivity index (χ0v) is 10.6. The highest BCUT2D eigenvalue weighted by molar-refractivity contribution is 5.01. The zero-order valence-electron chi connectivity index (χ0n) is 10.6. The third kappa shape index (κ3) is 13.0. The number of unbranched alkanes of at least 4 members (excludes halogenated alkanes) is 7. The molecule has 0 aliphatic heterocycles. The van der Waals surface area contributed by atoms with E-state index in [4.69, 9.17) is 5.26 Å². The van der Waals surface area contributed by atoms with Gasteiger partial charge in [0.2, 0.25) is 0 Å². The van der Waals surface area contributed by atoms with Gasteiger partial charge in [-0.3, -0.25) is 0 Å². The van der Waals surface area contributed by atoms with Crippen molar-refractivity contribution in [1.82, 2.24) is 0 Å². The summed E-state index contributed by atoms with van der Waals surface area (Å²) in [5.74, 6) is 0. The highest BCUT2D eigenvalue weighted by Gasteiger charge is 1.89. The van der Waals surface area contributed by atoms with Crippen LogP contribution in [-0.2, 0) is 0 Å². The van der Waals surface area contributed by atoms with E-state index in [1.54, 1.807) is 6.08 Å². The van der Waals surface area contributed by atoms with Crippen LogP contribution in [0.3, 0.4) is 0 Å². The molecule has 0 N–H and O–H groups in total.